The van der Waals surface area contributed by atoms with Gasteiger partial charge in [0.2, 0.25) is 0 Å². The molecule has 0 atom stereocenters. The summed E-state index contributed by atoms with van der Waals surface area (Å²) >= 11 is 1.89. The third-order valence-corrected chi connectivity index (χ3v) is 8.81. The van der Waals surface area contributed by atoms with Gasteiger partial charge >= 0.3 is 0 Å². The summed E-state index contributed by atoms with van der Waals surface area (Å²) in [5.74, 6) is 0. The number of benzene rings is 6. The SMILES string of the molecule is c1ccc(N(c2cccc3ccccc23)c2cccc3c2sc2c4ccccc4n(-c4ccccc4)c32)cc1. The molecule has 2 nitrogen and oxygen atoms in total. The van der Waals surface area contributed by atoms with Crippen molar-refractivity contribution in [1.82, 2.24) is 4.57 Å². The summed E-state index contributed by atoms with van der Waals surface area (Å²) in [6.45, 7) is 0. The summed E-state index contributed by atoms with van der Waals surface area (Å²) in [4.78, 5) is 2.43. The van der Waals surface area contributed by atoms with Crippen LogP contribution in [0.2, 0.25) is 0 Å². The summed E-state index contributed by atoms with van der Waals surface area (Å²) in [6.07, 6.45) is 0. The van der Waals surface area contributed by atoms with Crippen LogP contribution in [-0.4, -0.2) is 4.57 Å². The maximum absolute atomic E-state index is 2.43. The van der Waals surface area contributed by atoms with E-state index in [0.29, 0.717) is 0 Å². The van der Waals surface area contributed by atoms with E-state index in [4.69, 9.17) is 0 Å². The second-order valence-electron chi connectivity index (χ2n) is 9.79. The zero-order chi connectivity index (χ0) is 25.8. The first-order chi connectivity index (χ1) is 19.4. The Bertz CT molecular complexity index is 2120. The molecule has 0 N–H and O–H groups in total. The molecule has 8 rings (SSSR count). The third-order valence-electron chi connectivity index (χ3n) is 7.56. The lowest BCUT2D eigenvalue weighted by Gasteiger charge is -2.27. The van der Waals surface area contributed by atoms with E-state index in [1.54, 1.807) is 0 Å². The lowest BCUT2D eigenvalue weighted by Crippen LogP contribution is -2.10. The second kappa shape index (κ2) is 8.87. The van der Waals surface area contributed by atoms with Gasteiger partial charge in [-0.1, -0.05) is 103 Å². The van der Waals surface area contributed by atoms with Gasteiger partial charge in [-0.05, 0) is 47.9 Å². The van der Waals surface area contributed by atoms with Crippen molar-refractivity contribution >= 4 is 70.4 Å². The lowest BCUT2D eigenvalue weighted by atomic mass is 10.1. The van der Waals surface area contributed by atoms with Crippen molar-refractivity contribution in [3.63, 3.8) is 0 Å². The van der Waals surface area contributed by atoms with Crippen LogP contribution in [0.4, 0.5) is 17.1 Å². The molecule has 0 aliphatic carbocycles. The minimum Gasteiger partial charge on any atom is -0.308 e. The van der Waals surface area contributed by atoms with Gasteiger partial charge in [-0.3, -0.25) is 0 Å². The molecule has 8 aromatic rings. The summed E-state index contributed by atoms with van der Waals surface area (Å²) in [6, 6.07) is 52.2. The van der Waals surface area contributed by atoms with Crippen molar-refractivity contribution < 1.29 is 0 Å². The molecule has 0 aliphatic heterocycles. The summed E-state index contributed by atoms with van der Waals surface area (Å²) in [5, 5.41) is 5.04. The number of nitrogens with zero attached hydrogens (tertiary/aromatic N) is 2. The second-order valence-corrected chi connectivity index (χ2v) is 10.8. The quantitative estimate of drug-likeness (QED) is 0.226. The van der Waals surface area contributed by atoms with E-state index < -0.39 is 0 Å². The molecule has 0 aliphatic rings. The van der Waals surface area contributed by atoms with E-state index in [-0.39, 0.29) is 0 Å². The monoisotopic (exact) mass is 516 g/mol. The highest BCUT2D eigenvalue weighted by molar-refractivity contribution is 7.27. The molecular formula is C36H24N2S. The fourth-order valence-electron chi connectivity index (χ4n) is 5.89. The van der Waals surface area contributed by atoms with Gasteiger partial charge in [0.1, 0.15) is 0 Å². The molecule has 0 spiro atoms. The molecular weight excluding hydrogens is 492 g/mol. The Kier molecular flexibility index (Phi) is 5.04. The Hall–Kier alpha value is -4.86. The summed E-state index contributed by atoms with van der Waals surface area (Å²) in [7, 11) is 0. The highest BCUT2D eigenvalue weighted by Gasteiger charge is 2.23. The Morgan fingerprint density at radius 3 is 1.92 bits per heavy atom. The third kappa shape index (κ3) is 3.41. The molecule has 0 amide bonds. The minimum atomic E-state index is 1.15. The average Bonchev–Trinajstić information content (AvgIpc) is 3.54. The minimum absolute atomic E-state index is 1.15. The van der Waals surface area contributed by atoms with Crippen molar-refractivity contribution in [3.05, 3.63) is 146 Å². The number of aromatic nitrogens is 1. The first-order valence-corrected chi connectivity index (χ1v) is 14.0. The number of hydrogen-bond donors (Lipinski definition) is 0. The molecule has 2 aromatic heterocycles. The van der Waals surface area contributed by atoms with Gasteiger partial charge in [-0.15, -0.1) is 11.3 Å². The Balaban J connectivity index is 1.48. The van der Waals surface area contributed by atoms with Crippen LogP contribution >= 0.6 is 11.3 Å². The molecule has 0 fully saturated rings. The van der Waals surface area contributed by atoms with Crippen molar-refractivity contribution in [2.45, 2.75) is 0 Å². The van der Waals surface area contributed by atoms with Crippen molar-refractivity contribution in [2.75, 3.05) is 4.90 Å². The normalized spacial score (nSPS) is 11.6. The highest BCUT2D eigenvalue weighted by Crippen LogP contribution is 2.48. The average molecular weight is 517 g/mol. The number of para-hydroxylation sites is 3. The molecule has 2 heterocycles. The van der Waals surface area contributed by atoms with Crippen LogP contribution in [0.1, 0.15) is 0 Å². The van der Waals surface area contributed by atoms with Crippen molar-refractivity contribution in [3.8, 4) is 5.69 Å². The van der Waals surface area contributed by atoms with Gasteiger partial charge in [0.05, 0.1) is 31.8 Å². The van der Waals surface area contributed by atoms with E-state index in [9.17, 15) is 0 Å². The van der Waals surface area contributed by atoms with Gasteiger partial charge in [-0.2, -0.15) is 0 Å². The maximum Gasteiger partial charge on any atom is 0.0728 e. The van der Waals surface area contributed by atoms with Crippen LogP contribution in [0.15, 0.2) is 146 Å². The standard InChI is InChI=1S/C36H24N2S/c1-3-15-26(16-4-1)37(31-23-11-14-25-13-7-8-19-28(25)31)33-24-12-21-30-34-36(39-35(30)33)29-20-9-10-22-32(29)38(34)27-17-5-2-6-18-27/h1-24H. The van der Waals surface area contributed by atoms with Crippen LogP contribution < -0.4 is 4.90 Å². The van der Waals surface area contributed by atoms with Gasteiger partial charge in [-0.25, -0.2) is 0 Å². The number of thiophene rings is 1. The van der Waals surface area contributed by atoms with Crippen LogP contribution in [0.25, 0.3) is 47.7 Å². The predicted molar refractivity (Wildman–Crippen MR) is 168 cm³/mol. The van der Waals surface area contributed by atoms with Crippen molar-refractivity contribution in [2.24, 2.45) is 0 Å². The fourth-order valence-corrected chi connectivity index (χ4v) is 7.21. The van der Waals surface area contributed by atoms with Crippen LogP contribution in [0.3, 0.4) is 0 Å². The molecule has 39 heavy (non-hydrogen) atoms. The smallest absolute Gasteiger partial charge is 0.0728 e. The Morgan fingerprint density at radius 2 is 1.08 bits per heavy atom. The number of anilines is 3. The number of rotatable bonds is 4. The molecule has 184 valence electrons. The molecule has 0 saturated heterocycles. The molecule has 0 unspecified atom stereocenters. The van der Waals surface area contributed by atoms with Gasteiger partial charge in [0, 0.05) is 27.5 Å². The highest BCUT2D eigenvalue weighted by atomic mass is 32.1. The molecule has 3 heteroatoms. The zero-order valence-electron chi connectivity index (χ0n) is 21.2. The first kappa shape index (κ1) is 22.2. The maximum atomic E-state index is 2.43. The van der Waals surface area contributed by atoms with Gasteiger partial charge < -0.3 is 9.47 Å². The number of fused-ring (bicyclic) bond motifs is 6. The van der Waals surface area contributed by atoms with Crippen LogP contribution in [-0.2, 0) is 0 Å². The molecule has 0 radical (unpaired) electrons. The van der Waals surface area contributed by atoms with E-state index in [1.807, 2.05) is 11.3 Å². The Morgan fingerprint density at radius 1 is 0.462 bits per heavy atom. The lowest BCUT2D eigenvalue weighted by molar-refractivity contribution is 1.19. The van der Waals surface area contributed by atoms with Crippen LogP contribution in [0, 0.1) is 0 Å². The van der Waals surface area contributed by atoms with Crippen LogP contribution in [0.5, 0.6) is 0 Å². The van der Waals surface area contributed by atoms with E-state index in [1.165, 1.54) is 59.0 Å². The topological polar surface area (TPSA) is 8.17 Å². The Labute approximate surface area is 230 Å². The van der Waals surface area contributed by atoms with Gasteiger partial charge in [0.15, 0.2) is 0 Å². The number of hydrogen-bond acceptors (Lipinski definition) is 2. The van der Waals surface area contributed by atoms with E-state index in [2.05, 4.69) is 155 Å². The van der Waals surface area contributed by atoms with E-state index in [0.717, 1.165) is 5.69 Å². The first-order valence-electron chi connectivity index (χ1n) is 13.2. The fraction of sp³-hybridized carbons (Fsp3) is 0. The zero-order valence-corrected chi connectivity index (χ0v) is 22.0. The summed E-state index contributed by atoms with van der Waals surface area (Å²) < 4.78 is 5.04. The molecule has 0 bridgehead atoms. The van der Waals surface area contributed by atoms with Crippen molar-refractivity contribution in [1.29, 1.82) is 0 Å². The summed E-state index contributed by atoms with van der Waals surface area (Å²) in [5.41, 5.74) is 7.22. The predicted octanol–water partition coefficient (Wildman–Crippen LogP) is 10.6. The largest absolute Gasteiger partial charge is 0.308 e. The molecule has 6 aromatic carbocycles. The van der Waals surface area contributed by atoms with E-state index >= 15 is 0 Å². The molecule has 0 saturated carbocycles. The van der Waals surface area contributed by atoms with Gasteiger partial charge in [0.25, 0.3) is 0 Å².